The molecule has 2 aromatic heterocycles. The van der Waals surface area contributed by atoms with Crippen LogP contribution in [0.2, 0.25) is 0 Å². The van der Waals surface area contributed by atoms with E-state index in [9.17, 15) is 42.7 Å². The number of aliphatic hydroxyl groups is 1. The maximum absolute atomic E-state index is 13.0. The number of halogens is 2. The maximum atomic E-state index is 13.0. The van der Waals surface area contributed by atoms with Crippen LogP contribution in [0.15, 0.2) is 110 Å². The van der Waals surface area contributed by atoms with Crippen molar-refractivity contribution < 1.29 is 86.6 Å². The summed E-state index contributed by atoms with van der Waals surface area (Å²) in [4.78, 5) is 73.3. The molecule has 0 saturated carbocycles. The second-order valence-corrected chi connectivity index (χ2v) is 13.8. The molecular weight excluding hydrogens is 852 g/mol. The molecule has 0 aliphatic carbocycles. The van der Waals surface area contributed by atoms with Crippen molar-refractivity contribution in [1.29, 1.82) is 0 Å². The summed E-state index contributed by atoms with van der Waals surface area (Å²) in [6, 6.07) is 22.8. The first-order valence-electron chi connectivity index (χ1n) is 19.2. The van der Waals surface area contributed by atoms with Gasteiger partial charge in [0, 0.05) is 73.8 Å². The molecule has 0 aliphatic heterocycles. The van der Waals surface area contributed by atoms with E-state index in [0.717, 1.165) is 53.5 Å². The number of ketones is 2. The fraction of sp³-hybridized carbons (Fsp3) is 0.234. The molecule has 335 valence electrons. The molecule has 6 rings (SSSR count). The van der Waals surface area contributed by atoms with Crippen molar-refractivity contribution in [3.8, 4) is 22.3 Å². The Bertz CT molecular complexity index is 2420. The number of carbonyl (C=O) groups is 6. The van der Waals surface area contributed by atoms with Gasteiger partial charge in [-0.15, -0.1) is 0 Å². The first-order valence-corrected chi connectivity index (χ1v) is 19.2. The summed E-state index contributed by atoms with van der Waals surface area (Å²) in [5, 5.41) is 22.9. The van der Waals surface area contributed by atoms with Crippen LogP contribution in [0, 0.1) is 11.6 Å². The molecule has 0 saturated heterocycles. The van der Waals surface area contributed by atoms with Gasteiger partial charge in [-0.25, -0.2) is 28.1 Å². The van der Waals surface area contributed by atoms with Crippen LogP contribution in [-0.4, -0.2) is 69.3 Å². The van der Waals surface area contributed by atoms with Crippen molar-refractivity contribution in [3.63, 3.8) is 0 Å². The van der Waals surface area contributed by atoms with Crippen molar-refractivity contribution in [2.75, 3.05) is 0 Å². The summed E-state index contributed by atoms with van der Waals surface area (Å²) in [5.74, 6) is -2.45. The molecule has 18 heteroatoms. The second kappa shape index (κ2) is 29.1. The molecule has 2 heterocycles. The van der Waals surface area contributed by atoms with Gasteiger partial charge in [0.1, 0.15) is 11.6 Å². The Balaban J connectivity index is 0.000000500. The summed E-state index contributed by atoms with van der Waals surface area (Å²) in [7, 11) is 4.32. The summed E-state index contributed by atoms with van der Waals surface area (Å²) in [6.07, 6.45) is 8.08. The molecule has 0 aliphatic rings. The molecule has 4 aromatic carbocycles. The Morgan fingerprint density at radius 3 is 1.43 bits per heavy atom. The van der Waals surface area contributed by atoms with Crippen LogP contribution in [0.25, 0.3) is 22.3 Å². The number of aromatic amines is 2. The molecule has 0 unspecified atom stereocenters. The van der Waals surface area contributed by atoms with Crippen LogP contribution in [0.3, 0.4) is 0 Å². The van der Waals surface area contributed by atoms with E-state index in [0.29, 0.717) is 28.7 Å². The minimum atomic E-state index is -0.639. The number of aliphatic hydroxyl groups excluding tert-OH is 1. The number of carbonyl (C=O) groups excluding carboxylic acids is 6. The van der Waals surface area contributed by atoms with Crippen molar-refractivity contribution in [3.05, 3.63) is 155 Å². The van der Waals surface area contributed by atoms with Gasteiger partial charge in [-0.1, -0.05) is 69.8 Å². The Labute approximate surface area is 399 Å². The smallest absolute Gasteiger partial charge is 0.793 e. The van der Waals surface area contributed by atoms with Crippen molar-refractivity contribution in [2.24, 2.45) is 0 Å². The van der Waals surface area contributed by atoms with Crippen LogP contribution in [0.4, 0.5) is 8.78 Å². The largest absolute Gasteiger partial charge is 1.00 e. The third-order valence-corrected chi connectivity index (χ3v) is 9.02. The molecule has 0 fully saturated rings. The molecule has 2 atom stereocenters. The Hall–Kier alpha value is -6.40. The average Bonchev–Trinajstić information content (AvgIpc) is 4.02. The first-order chi connectivity index (χ1) is 30.1. The van der Waals surface area contributed by atoms with Crippen LogP contribution in [0.1, 0.15) is 114 Å². The van der Waals surface area contributed by atoms with Gasteiger partial charge in [0.05, 0.1) is 19.0 Å². The zero-order chi connectivity index (χ0) is 46.5. The van der Waals surface area contributed by atoms with Gasteiger partial charge < -0.3 is 17.8 Å². The molecule has 3 radical (unpaired) electrons. The molecular formula is C47H49BF2N4NaO10. The van der Waals surface area contributed by atoms with Crippen LogP contribution in [-0.2, 0) is 35.4 Å². The number of benzene rings is 4. The average molecular weight is 902 g/mol. The molecule has 0 spiro atoms. The normalized spacial score (nSPS) is 10.7. The van der Waals surface area contributed by atoms with E-state index in [1.54, 1.807) is 79.4 Å². The third-order valence-electron chi connectivity index (χ3n) is 9.02. The number of hydrogen-bond acceptors (Lipinski definition) is 12. The number of nitrogens with one attached hydrogen (secondary N) is 2. The van der Waals surface area contributed by atoms with Gasteiger partial charge in [-0.2, -0.15) is 10.2 Å². The van der Waals surface area contributed by atoms with Crippen molar-refractivity contribution in [1.82, 2.24) is 20.4 Å². The molecule has 14 nitrogen and oxygen atoms in total. The Morgan fingerprint density at radius 2 is 1.08 bits per heavy atom. The summed E-state index contributed by atoms with van der Waals surface area (Å²) in [5.41, 5.74) is 7.24. The van der Waals surface area contributed by atoms with E-state index in [4.69, 9.17) is 0 Å². The number of H-pyrrole nitrogens is 2. The minimum absolute atomic E-state index is 0. The van der Waals surface area contributed by atoms with Gasteiger partial charge in [-0.3, -0.25) is 29.4 Å². The minimum Gasteiger partial charge on any atom is -0.793 e. The fourth-order valence-electron chi connectivity index (χ4n) is 5.80. The fourth-order valence-corrected chi connectivity index (χ4v) is 5.80. The van der Waals surface area contributed by atoms with Crippen molar-refractivity contribution in [2.45, 2.75) is 73.3 Å². The molecule has 65 heavy (non-hydrogen) atoms. The van der Waals surface area contributed by atoms with E-state index in [1.165, 1.54) is 31.2 Å². The van der Waals surface area contributed by atoms with E-state index in [2.05, 4.69) is 42.9 Å². The molecule has 0 bridgehead atoms. The van der Waals surface area contributed by atoms with Crippen molar-refractivity contribution >= 4 is 43.8 Å². The maximum Gasteiger partial charge on any atom is 1.00 e. The van der Waals surface area contributed by atoms with E-state index < -0.39 is 17.9 Å². The quantitative estimate of drug-likeness (QED) is 0.0439. The molecule has 0 amide bonds. The van der Waals surface area contributed by atoms with Crippen LogP contribution < -0.4 is 29.6 Å². The predicted octanol–water partition coefficient (Wildman–Crippen LogP) is 5.79. The Morgan fingerprint density at radius 1 is 0.677 bits per heavy atom. The number of Topliss-reactive ketones (excluding diaryl/α,β-unsaturated/α-hetero) is 2. The zero-order valence-corrected chi connectivity index (χ0v) is 38.1. The van der Waals surface area contributed by atoms with Gasteiger partial charge in [0.25, 0.3) is 0 Å². The molecule has 3 N–H and O–H groups in total. The molecule has 6 aromatic rings. The Kier molecular flexibility index (Phi) is 25.4. The number of rotatable bonds is 12. The van der Waals surface area contributed by atoms with Gasteiger partial charge in [-0.05, 0) is 76.1 Å². The first kappa shape index (κ1) is 56.6. The number of aromatic nitrogens is 4. The van der Waals surface area contributed by atoms with Gasteiger partial charge >= 0.3 is 41.5 Å². The van der Waals surface area contributed by atoms with Gasteiger partial charge in [0.15, 0.2) is 17.9 Å². The van der Waals surface area contributed by atoms with Crippen LogP contribution >= 0.6 is 0 Å². The summed E-state index contributed by atoms with van der Waals surface area (Å²) < 4.78 is 29.6. The SMILES string of the molecule is C.CC(=O)OOC(C)=O.C[C@@H](CC(=O)c1ccc(-c2cn[nH]c2)c(C=O)c1)c1ccc(F)cc1.C[C@@H](CC(=O)c1ccc(-c2cn[nH]c2)c(CO)c1)c1ccc(F)cc1.[B-]OC(C)=O.[Na+]. The summed E-state index contributed by atoms with van der Waals surface area (Å²) in [6.45, 7) is 7.23. The topological polar surface area (TPSA) is 208 Å². The number of aldehydes is 1. The van der Waals surface area contributed by atoms with E-state index in [-0.39, 0.29) is 85.0 Å². The summed E-state index contributed by atoms with van der Waals surface area (Å²) >= 11 is 0. The van der Waals surface area contributed by atoms with Crippen LogP contribution in [0.5, 0.6) is 0 Å². The predicted molar refractivity (Wildman–Crippen MR) is 235 cm³/mol. The van der Waals surface area contributed by atoms with E-state index in [1.807, 2.05) is 19.9 Å². The zero-order valence-electron chi connectivity index (χ0n) is 36.1. The second-order valence-electron chi connectivity index (χ2n) is 13.8. The van der Waals surface area contributed by atoms with E-state index >= 15 is 0 Å². The number of nitrogens with zero attached hydrogens (tertiary/aromatic N) is 2. The number of hydrogen-bond donors (Lipinski definition) is 3. The monoisotopic (exact) mass is 901 g/mol. The standard InChI is InChI=1S/C20H19FN2O2.C20H17FN2O2.C4H6O4.C2H3BO2.CH4.Na/c2*1-13(14-2-5-18(21)6-3-14)8-20(25)15-4-7-19(16(9-15)12-24)17-10-22-23-11-17;1-3(5)7-8-4(2)6;1-2(4)5-3;;/h2-7,9-11,13,24H,8,12H2,1H3,(H,22,23);2-7,9-13H,8H2,1H3,(H,22,23);1-2H3;1H3;1H4;/q;;;-1;;+1/t2*13-;;;;/m00..../s1. The third kappa shape index (κ3) is 19.1. The van der Waals surface area contributed by atoms with Gasteiger partial charge in [0.2, 0.25) is 5.97 Å².